The molecule has 0 saturated heterocycles. The lowest BCUT2D eigenvalue weighted by molar-refractivity contribution is 0.253. The van der Waals surface area contributed by atoms with Gasteiger partial charge in [-0.05, 0) is 33.4 Å². The van der Waals surface area contributed by atoms with Gasteiger partial charge in [0, 0.05) is 22.3 Å². The molecule has 6 N–H and O–H groups in total. The van der Waals surface area contributed by atoms with E-state index in [-0.39, 0.29) is 35.8 Å². The summed E-state index contributed by atoms with van der Waals surface area (Å²) in [5, 5.41) is 62.7. The number of phenols is 2. The first-order valence-corrected chi connectivity index (χ1v) is 11.4. The first kappa shape index (κ1) is 23.1. The summed E-state index contributed by atoms with van der Waals surface area (Å²) in [5.41, 5.74) is 4.35. The number of hydrogen-bond acceptors (Lipinski definition) is 6. The Morgan fingerprint density at radius 1 is 0.457 bits per heavy atom. The van der Waals surface area contributed by atoms with Crippen LogP contribution in [0.4, 0.5) is 0 Å². The molecule has 0 fully saturated rings. The van der Waals surface area contributed by atoms with Crippen LogP contribution < -0.4 is 0 Å². The summed E-state index contributed by atoms with van der Waals surface area (Å²) < 4.78 is 0. The molecule has 6 nitrogen and oxygen atoms in total. The number of benzene rings is 4. The van der Waals surface area contributed by atoms with Crippen LogP contribution in [-0.4, -0.2) is 30.6 Å². The first-order chi connectivity index (χ1) is 17.0. The van der Waals surface area contributed by atoms with Crippen LogP contribution in [0.25, 0.3) is 11.1 Å². The number of aliphatic hydroxyl groups is 4. The van der Waals surface area contributed by atoms with Crippen molar-refractivity contribution in [3.8, 4) is 22.6 Å². The second-order valence-corrected chi connectivity index (χ2v) is 8.67. The van der Waals surface area contributed by atoms with Crippen LogP contribution in [0.1, 0.15) is 44.5 Å². The van der Waals surface area contributed by atoms with Crippen molar-refractivity contribution in [1.82, 2.24) is 0 Å². The van der Waals surface area contributed by atoms with E-state index in [4.69, 9.17) is 0 Å². The average Bonchev–Trinajstić information content (AvgIpc) is 3.19. The van der Waals surface area contributed by atoms with Gasteiger partial charge in [0.2, 0.25) is 0 Å². The van der Waals surface area contributed by atoms with E-state index in [1.165, 1.54) is 0 Å². The fraction of sp³-hybridized carbons (Fsp3) is 0.172. The molecule has 4 aromatic rings. The number of aromatic hydroxyl groups is 2. The van der Waals surface area contributed by atoms with Crippen LogP contribution in [0.3, 0.4) is 0 Å². The highest BCUT2D eigenvalue weighted by Crippen LogP contribution is 2.60. The molecule has 178 valence electrons. The zero-order valence-corrected chi connectivity index (χ0v) is 18.9. The normalized spacial score (nSPS) is 13.5. The number of fused-ring (bicyclic) bond motifs is 3. The molecule has 0 amide bonds. The van der Waals surface area contributed by atoms with Crippen molar-refractivity contribution < 1.29 is 30.6 Å². The van der Waals surface area contributed by atoms with Gasteiger partial charge in [0.1, 0.15) is 11.5 Å². The van der Waals surface area contributed by atoms with Gasteiger partial charge >= 0.3 is 0 Å². The maximum Gasteiger partial charge on any atom is 0.126 e. The SMILES string of the molecule is OCc1ccc(C2(c3ccc(CO)c(CO)c3O)c3ccccc3-c3ccccc32)c(O)c1CO. The number of aliphatic hydroxyl groups excluding tert-OH is 4. The summed E-state index contributed by atoms with van der Waals surface area (Å²) >= 11 is 0. The summed E-state index contributed by atoms with van der Waals surface area (Å²) in [7, 11) is 0. The third-order valence-corrected chi connectivity index (χ3v) is 7.18. The van der Waals surface area contributed by atoms with Gasteiger partial charge in [-0.3, -0.25) is 0 Å². The van der Waals surface area contributed by atoms with Gasteiger partial charge < -0.3 is 30.6 Å². The smallest absolute Gasteiger partial charge is 0.126 e. The van der Waals surface area contributed by atoms with Crippen LogP contribution in [0, 0.1) is 0 Å². The number of hydrogen-bond donors (Lipinski definition) is 6. The number of rotatable bonds is 6. The lowest BCUT2D eigenvalue weighted by atomic mass is 9.66. The third kappa shape index (κ3) is 3.12. The van der Waals surface area contributed by atoms with E-state index in [1.807, 2.05) is 48.5 Å². The third-order valence-electron chi connectivity index (χ3n) is 7.18. The minimum absolute atomic E-state index is 0.179. The summed E-state index contributed by atoms with van der Waals surface area (Å²) in [6, 6.07) is 22.2. The van der Waals surface area contributed by atoms with E-state index in [2.05, 4.69) is 0 Å². The van der Waals surface area contributed by atoms with Crippen LogP contribution in [0.2, 0.25) is 0 Å². The van der Waals surface area contributed by atoms with Crippen LogP contribution in [-0.2, 0) is 31.8 Å². The second-order valence-electron chi connectivity index (χ2n) is 8.67. The molecule has 0 spiro atoms. The Morgan fingerprint density at radius 3 is 1.23 bits per heavy atom. The molecular formula is C29H26O6. The summed E-state index contributed by atoms with van der Waals surface area (Å²) in [6.07, 6.45) is 0. The van der Waals surface area contributed by atoms with Gasteiger partial charge in [-0.15, -0.1) is 0 Å². The van der Waals surface area contributed by atoms with Crippen molar-refractivity contribution in [1.29, 1.82) is 0 Å². The highest BCUT2D eigenvalue weighted by molar-refractivity contribution is 5.88. The summed E-state index contributed by atoms with van der Waals surface area (Å²) in [5.74, 6) is -0.358. The van der Waals surface area contributed by atoms with Crippen LogP contribution >= 0.6 is 0 Å². The molecule has 35 heavy (non-hydrogen) atoms. The van der Waals surface area contributed by atoms with Gasteiger partial charge in [-0.2, -0.15) is 0 Å². The van der Waals surface area contributed by atoms with E-state index in [9.17, 15) is 30.6 Å². The van der Waals surface area contributed by atoms with Crippen molar-refractivity contribution in [3.05, 3.63) is 117 Å². The lowest BCUT2D eigenvalue weighted by Gasteiger charge is -2.36. The molecule has 0 unspecified atom stereocenters. The summed E-state index contributed by atoms with van der Waals surface area (Å²) in [6.45, 7) is -1.66. The molecule has 0 radical (unpaired) electrons. The van der Waals surface area contributed by atoms with Gasteiger partial charge in [-0.1, -0.05) is 72.8 Å². The largest absolute Gasteiger partial charge is 0.507 e. The minimum atomic E-state index is -1.20. The van der Waals surface area contributed by atoms with Crippen molar-refractivity contribution in [2.75, 3.05) is 0 Å². The molecule has 0 atom stereocenters. The Morgan fingerprint density at radius 2 is 0.857 bits per heavy atom. The zero-order valence-electron chi connectivity index (χ0n) is 18.9. The molecule has 6 heteroatoms. The quantitative estimate of drug-likeness (QED) is 0.226. The second kappa shape index (κ2) is 8.83. The highest BCUT2D eigenvalue weighted by atomic mass is 16.3. The first-order valence-electron chi connectivity index (χ1n) is 11.4. The van der Waals surface area contributed by atoms with Crippen molar-refractivity contribution in [3.63, 3.8) is 0 Å². The van der Waals surface area contributed by atoms with Crippen LogP contribution in [0.5, 0.6) is 11.5 Å². The van der Waals surface area contributed by atoms with Crippen molar-refractivity contribution >= 4 is 0 Å². The summed E-state index contributed by atoms with van der Waals surface area (Å²) in [4.78, 5) is 0. The minimum Gasteiger partial charge on any atom is -0.507 e. The van der Waals surface area contributed by atoms with Gasteiger partial charge in [0.25, 0.3) is 0 Å². The van der Waals surface area contributed by atoms with Gasteiger partial charge in [0.15, 0.2) is 0 Å². The van der Waals surface area contributed by atoms with Gasteiger partial charge in [-0.25, -0.2) is 0 Å². The predicted molar refractivity (Wildman–Crippen MR) is 131 cm³/mol. The molecule has 4 aromatic carbocycles. The molecule has 0 aromatic heterocycles. The monoisotopic (exact) mass is 470 g/mol. The Labute approximate surface area is 202 Å². The van der Waals surface area contributed by atoms with E-state index in [1.54, 1.807) is 24.3 Å². The Balaban J connectivity index is 2.00. The molecule has 1 aliphatic carbocycles. The Bertz CT molecular complexity index is 1320. The zero-order chi connectivity index (χ0) is 24.7. The topological polar surface area (TPSA) is 121 Å². The molecule has 0 bridgehead atoms. The molecule has 0 heterocycles. The molecule has 0 aliphatic heterocycles. The molecule has 5 rings (SSSR count). The van der Waals surface area contributed by atoms with Crippen LogP contribution in [0.15, 0.2) is 72.8 Å². The lowest BCUT2D eigenvalue weighted by Crippen LogP contribution is -2.29. The standard InChI is InChI=1S/C29H26O6/c30-13-17-9-11-25(27(34)21(17)15-32)29(26-12-10-18(14-31)22(16-33)28(26)35)23-7-3-1-5-19(23)20-6-2-4-8-24(20)29/h1-12,30-35H,13-16H2. The Hall–Kier alpha value is -3.68. The van der Waals surface area contributed by atoms with E-state index >= 15 is 0 Å². The van der Waals surface area contributed by atoms with Crippen molar-refractivity contribution in [2.24, 2.45) is 0 Å². The Kier molecular flexibility index (Phi) is 5.83. The average molecular weight is 471 g/mol. The van der Waals surface area contributed by atoms with Crippen molar-refractivity contribution in [2.45, 2.75) is 31.8 Å². The fourth-order valence-corrected chi connectivity index (χ4v) is 5.57. The molecule has 1 aliphatic rings. The van der Waals surface area contributed by atoms with E-state index in [0.29, 0.717) is 22.3 Å². The van der Waals surface area contributed by atoms with E-state index in [0.717, 1.165) is 22.3 Å². The van der Waals surface area contributed by atoms with E-state index < -0.39 is 18.6 Å². The molecule has 0 saturated carbocycles. The fourth-order valence-electron chi connectivity index (χ4n) is 5.57. The molecular weight excluding hydrogens is 444 g/mol. The maximum absolute atomic E-state index is 11.5. The highest BCUT2D eigenvalue weighted by Gasteiger charge is 2.49. The predicted octanol–water partition coefficient (Wildman–Crippen LogP) is 3.43. The van der Waals surface area contributed by atoms with Gasteiger partial charge in [0.05, 0.1) is 31.8 Å². The maximum atomic E-state index is 11.5.